The maximum atomic E-state index is 13.1. The van der Waals surface area contributed by atoms with Crippen LogP contribution in [-0.2, 0) is 6.18 Å². The molecule has 1 aromatic heterocycles. The van der Waals surface area contributed by atoms with Crippen molar-refractivity contribution in [2.24, 2.45) is 0 Å². The number of ether oxygens (including phenoxy) is 2. The number of rotatable bonds is 9. The maximum absolute atomic E-state index is 13.1. The normalized spacial score (nSPS) is 12.5. The number of anilines is 2. The minimum Gasteiger partial charge on any atom is -0.491 e. The van der Waals surface area contributed by atoms with Gasteiger partial charge >= 0.3 is 6.18 Å². The van der Waals surface area contributed by atoms with Crippen LogP contribution in [0.5, 0.6) is 11.6 Å². The average molecular weight is 383 g/mol. The van der Waals surface area contributed by atoms with Gasteiger partial charge < -0.3 is 14.8 Å². The number of alkyl halides is 3. The van der Waals surface area contributed by atoms with Crippen molar-refractivity contribution in [2.75, 3.05) is 11.9 Å². The number of unbranched alkanes of at least 4 members (excludes halogenated alkanes) is 1. The summed E-state index contributed by atoms with van der Waals surface area (Å²) in [6.07, 6.45) is -1.40. The van der Waals surface area contributed by atoms with Gasteiger partial charge in [0.15, 0.2) is 0 Å². The topological polar surface area (TPSA) is 56.3 Å². The smallest absolute Gasteiger partial charge is 0.423 e. The Morgan fingerprint density at radius 1 is 1.15 bits per heavy atom. The van der Waals surface area contributed by atoms with Crippen molar-refractivity contribution in [1.29, 1.82) is 0 Å². The highest BCUT2D eigenvalue weighted by Gasteiger charge is 2.36. The lowest BCUT2D eigenvalue weighted by molar-refractivity contribution is -0.139. The highest BCUT2D eigenvalue weighted by Crippen LogP contribution is 2.35. The quantitative estimate of drug-likeness (QED) is 0.572. The molecule has 1 N–H and O–H groups in total. The predicted octanol–water partition coefficient (Wildman–Crippen LogP) is 5.60. The summed E-state index contributed by atoms with van der Waals surface area (Å²) in [5, 5.41) is 2.88. The van der Waals surface area contributed by atoms with Gasteiger partial charge in [0.25, 0.3) is 0 Å². The first-order valence-electron chi connectivity index (χ1n) is 8.94. The lowest BCUT2D eigenvalue weighted by atomic mass is 10.3. The van der Waals surface area contributed by atoms with Crippen molar-refractivity contribution in [3.05, 3.63) is 36.0 Å². The van der Waals surface area contributed by atoms with Crippen molar-refractivity contribution >= 4 is 11.6 Å². The van der Waals surface area contributed by atoms with E-state index < -0.39 is 17.6 Å². The summed E-state index contributed by atoms with van der Waals surface area (Å²) >= 11 is 0. The van der Waals surface area contributed by atoms with Crippen molar-refractivity contribution in [3.63, 3.8) is 0 Å². The molecule has 1 unspecified atom stereocenters. The molecular formula is C19H24F3N3O2. The molecule has 0 fully saturated rings. The molecule has 0 radical (unpaired) electrons. The maximum Gasteiger partial charge on any atom is 0.423 e. The second kappa shape index (κ2) is 9.43. The molecule has 0 aliphatic carbocycles. The molecule has 0 spiro atoms. The zero-order chi connectivity index (χ0) is 19.9. The number of benzene rings is 1. The van der Waals surface area contributed by atoms with E-state index in [1.54, 1.807) is 24.3 Å². The van der Waals surface area contributed by atoms with Gasteiger partial charge in [-0.15, -0.1) is 0 Å². The van der Waals surface area contributed by atoms with Gasteiger partial charge in [-0.1, -0.05) is 20.3 Å². The van der Waals surface area contributed by atoms with Crippen LogP contribution in [0.1, 0.15) is 45.6 Å². The molecule has 148 valence electrons. The molecule has 0 aliphatic heterocycles. The number of hydrogen-bond donors (Lipinski definition) is 1. The molecule has 1 aromatic carbocycles. The first-order valence-corrected chi connectivity index (χ1v) is 8.94. The molecule has 5 nitrogen and oxygen atoms in total. The fraction of sp³-hybridized carbons (Fsp3) is 0.474. The number of nitrogens with zero attached hydrogens (tertiary/aromatic N) is 2. The number of hydrogen-bond acceptors (Lipinski definition) is 5. The van der Waals surface area contributed by atoms with E-state index in [0.717, 1.165) is 19.0 Å². The van der Waals surface area contributed by atoms with Crippen molar-refractivity contribution in [1.82, 2.24) is 9.97 Å². The summed E-state index contributed by atoms with van der Waals surface area (Å²) in [5.41, 5.74) is -0.354. The predicted molar refractivity (Wildman–Crippen MR) is 97.5 cm³/mol. The van der Waals surface area contributed by atoms with Crippen molar-refractivity contribution in [2.45, 2.75) is 52.3 Å². The highest BCUT2D eigenvalue weighted by molar-refractivity contribution is 5.55. The third-order valence-corrected chi connectivity index (χ3v) is 3.82. The van der Waals surface area contributed by atoms with Gasteiger partial charge in [0.1, 0.15) is 11.3 Å². The van der Waals surface area contributed by atoms with Crippen LogP contribution < -0.4 is 14.8 Å². The third-order valence-electron chi connectivity index (χ3n) is 3.82. The van der Waals surface area contributed by atoms with E-state index >= 15 is 0 Å². The lowest BCUT2D eigenvalue weighted by Crippen LogP contribution is -2.13. The Labute approximate surface area is 156 Å². The molecular weight excluding hydrogens is 359 g/mol. The number of aromatic nitrogens is 2. The van der Waals surface area contributed by atoms with Crippen molar-refractivity contribution in [3.8, 4) is 11.6 Å². The Morgan fingerprint density at radius 2 is 1.85 bits per heavy atom. The molecule has 27 heavy (non-hydrogen) atoms. The molecule has 1 atom stereocenters. The summed E-state index contributed by atoms with van der Waals surface area (Å²) in [7, 11) is 0. The molecule has 2 rings (SSSR count). The van der Waals surface area contributed by atoms with Crippen LogP contribution in [0.3, 0.4) is 0 Å². The molecule has 0 bridgehead atoms. The minimum atomic E-state index is -4.57. The van der Waals surface area contributed by atoms with E-state index in [1.165, 1.54) is 0 Å². The van der Waals surface area contributed by atoms with Crippen LogP contribution in [0.25, 0.3) is 0 Å². The fourth-order valence-electron chi connectivity index (χ4n) is 2.11. The van der Waals surface area contributed by atoms with Gasteiger partial charge in [0.05, 0.1) is 12.7 Å². The summed E-state index contributed by atoms with van der Waals surface area (Å²) in [6, 6.07) is 7.04. The highest BCUT2D eigenvalue weighted by atomic mass is 19.4. The van der Waals surface area contributed by atoms with E-state index in [9.17, 15) is 13.2 Å². The van der Waals surface area contributed by atoms with Gasteiger partial charge in [-0.3, -0.25) is 0 Å². The second-order valence-corrected chi connectivity index (χ2v) is 6.10. The zero-order valence-electron chi connectivity index (χ0n) is 15.6. The minimum absolute atomic E-state index is 0.0325. The summed E-state index contributed by atoms with van der Waals surface area (Å²) < 4.78 is 50.2. The Balaban J connectivity index is 2.14. The van der Waals surface area contributed by atoms with Gasteiger partial charge in [0.2, 0.25) is 11.8 Å². The van der Waals surface area contributed by atoms with E-state index in [2.05, 4.69) is 15.3 Å². The van der Waals surface area contributed by atoms with E-state index in [4.69, 9.17) is 9.47 Å². The lowest BCUT2D eigenvalue weighted by Gasteiger charge is -2.15. The second-order valence-electron chi connectivity index (χ2n) is 6.10. The molecule has 8 heteroatoms. The van der Waals surface area contributed by atoms with Gasteiger partial charge in [0, 0.05) is 11.9 Å². The van der Waals surface area contributed by atoms with Crippen LogP contribution in [0.4, 0.5) is 24.8 Å². The first kappa shape index (κ1) is 20.8. The number of nitrogens with one attached hydrogen (secondary N) is 1. The largest absolute Gasteiger partial charge is 0.491 e. The standard InChI is InChI=1S/C19H24F3N3O2/c1-4-6-11-26-17-16(19(20,21)22)12-23-18(25-17)24-14-7-9-15(10-8-14)27-13(3)5-2/h7-10,12-13H,4-6,11H2,1-3H3,(H,23,24,25). The Bertz CT molecular complexity index is 721. The SMILES string of the molecule is CCCCOc1nc(Nc2ccc(OC(C)CC)cc2)ncc1C(F)(F)F. The average Bonchev–Trinajstić information content (AvgIpc) is 2.62. The molecule has 0 aliphatic rings. The molecule has 0 saturated heterocycles. The van der Waals surface area contributed by atoms with E-state index in [0.29, 0.717) is 17.9 Å². The number of halogens is 3. The Kier molecular flexibility index (Phi) is 7.27. The first-order chi connectivity index (χ1) is 12.8. The fourth-order valence-corrected chi connectivity index (χ4v) is 2.11. The van der Waals surface area contributed by atoms with Gasteiger partial charge in [-0.2, -0.15) is 18.2 Å². The van der Waals surface area contributed by atoms with Crippen LogP contribution in [0.2, 0.25) is 0 Å². The summed E-state index contributed by atoms with van der Waals surface area (Å²) in [4.78, 5) is 7.65. The van der Waals surface area contributed by atoms with Gasteiger partial charge in [-0.05, 0) is 44.0 Å². The summed E-state index contributed by atoms with van der Waals surface area (Å²) in [5.74, 6) is 0.280. The molecule has 0 saturated carbocycles. The molecule has 2 aromatic rings. The molecule has 1 heterocycles. The Morgan fingerprint density at radius 3 is 2.44 bits per heavy atom. The monoisotopic (exact) mass is 383 g/mol. The third kappa shape index (κ3) is 6.30. The van der Waals surface area contributed by atoms with Crippen LogP contribution in [-0.4, -0.2) is 22.7 Å². The van der Waals surface area contributed by atoms with Gasteiger partial charge in [-0.25, -0.2) is 4.98 Å². The Hall–Kier alpha value is -2.51. The van der Waals surface area contributed by atoms with Crippen LogP contribution in [0.15, 0.2) is 30.5 Å². The molecule has 0 amide bonds. The van der Waals surface area contributed by atoms with E-state index in [1.807, 2.05) is 20.8 Å². The van der Waals surface area contributed by atoms with Crippen LogP contribution >= 0.6 is 0 Å². The summed E-state index contributed by atoms with van der Waals surface area (Å²) in [6.45, 7) is 6.10. The van der Waals surface area contributed by atoms with Crippen LogP contribution in [0, 0.1) is 0 Å². The van der Waals surface area contributed by atoms with Crippen molar-refractivity contribution < 1.29 is 22.6 Å². The zero-order valence-corrected chi connectivity index (χ0v) is 15.6. The van der Waals surface area contributed by atoms with E-state index in [-0.39, 0.29) is 18.7 Å².